The molecule has 32 heavy (non-hydrogen) atoms. The second-order valence-corrected chi connectivity index (χ2v) is 8.70. The minimum atomic E-state index is -4.57. The van der Waals surface area contributed by atoms with Crippen molar-refractivity contribution in [1.82, 2.24) is 9.80 Å². The summed E-state index contributed by atoms with van der Waals surface area (Å²) < 4.78 is 39.6. The zero-order valence-corrected chi connectivity index (χ0v) is 18.4. The first-order valence-corrected chi connectivity index (χ1v) is 10.8. The molecule has 0 bridgehead atoms. The molecule has 0 radical (unpaired) electrons. The van der Waals surface area contributed by atoms with Gasteiger partial charge in [0.15, 0.2) is 5.78 Å². The Morgan fingerprint density at radius 3 is 2.25 bits per heavy atom. The van der Waals surface area contributed by atoms with E-state index in [1.807, 2.05) is 4.90 Å². The van der Waals surface area contributed by atoms with Crippen LogP contribution in [0.2, 0.25) is 10.0 Å². The van der Waals surface area contributed by atoms with Crippen LogP contribution in [0, 0.1) is 0 Å². The molecular weight excluding hydrogens is 466 g/mol. The van der Waals surface area contributed by atoms with Crippen LogP contribution in [0.3, 0.4) is 0 Å². The normalized spacial score (nSPS) is 20.2. The smallest absolute Gasteiger partial charge is 0.362 e. The number of halogens is 5. The number of nitrogens with zero attached hydrogens (tertiary/aromatic N) is 3. The van der Waals surface area contributed by atoms with Crippen molar-refractivity contribution < 1.29 is 22.8 Å². The van der Waals surface area contributed by atoms with E-state index in [2.05, 4.69) is 0 Å². The number of carbonyl (C=O) groups is 2. The SMILES string of the molecule is O=C1CN(c2ccc(Cl)c(C(F)(F)F)c2)C[C@H]1N1CCN(C(=O)c2ccc(Cl)cc2)CC1. The molecule has 5 nitrogen and oxygen atoms in total. The van der Waals surface area contributed by atoms with E-state index in [9.17, 15) is 22.8 Å². The molecule has 2 fully saturated rings. The predicted molar refractivity (Wildman–Crippen MR) is 116 cm³/mol. The van der Waals surface area contributed by atoms with E-state index < -0.39 is 17.8 Å². The molecule has 0 unspecified atom stereocenters. The summed E-state index contributed by atoms with van der Waals surface area (Å²) in [5.41, 5.74) is -0.0507. The maximum absolute atomic E-state index is 13.2. The number of piperazine rings is 1. The minimum absolute atomic E-state index is 0.0352. The van der Waals surface area contributed by atoms with Gasteiger partial charge in [-0.2, -0.15) is 13.2 Å². The van der Waals surface area contributed by atoms with Crippen molar-refractivity contribution in [1.29, 1.82) is 0 Å². The molecule has 0 spiro atoms. The molecule has 2 aliphatic rings. The van der Waals surface area contributed by atoms with Gasteiger partial charge in [-0.15, -0.1) is 0 Å². The fourth-order valence-corrected chi connectivity index (χ4v) is 4.47. The Bertz CT molecular complexity index is 1020. The van der Waals surface area contributed by atoms with Crippen LogP contribution in [-0.2, 0) is 11.0 Å². The third kappa shape index (κ3) is 4.72. The van der Waals surface area contributed by atoms with Crippen molar-refractivity contribution in [3.63, 3.8) is 0 Å². The Balaban J connectivity index is 1.39. The summed E-state index contributed by atoms with van der Waals surface area (Å²) in [6, 6.07) is 9.95. The highest BCUT2D eigenvalue weighted by molar-refractivity contribution is 6.31. The lowest BCUT2D eigenvalue weighted by molar-refractivity contribution is -0.137. The number of Topliss-reactive ketones (excluding diaryl/α,β-unsaturated/α-hetero) is 1. The van der Waals surface area contributed by atoms with Crippen LogP contribution in [-0.4, -0.2) is 66.8 Å². The molecule has 2 aromatic rings. The lowest BCUT2D eigenvalue weighted by Crippen LogP contribution is -2.54. The van der Waals surface area contributed by atoms with Gasteiger partial charge in [0.25, 0.3) is 5.91 Å². The number of hydrogen-bond acceptors (Lipinski definition) is 4. The molecule has 2 saturated heterocycles. The number of anilines is 1. The van der Waals surface area contributed by atoms with Crippen LogP contribution >= 0.6 is 23.2 Å². The largest absolute Gasteiger partial charge is 0.417 e. The van der Waals surface area contributed by atoms with Crippen LogP contribution in [0.15, 0.2) is 42.5 Å². The van der Waals surface area contributed by atoms with Gasteiger partial charge in [0.05, 0.1) is 23.2 Å². The van der Waals surface area contributed by atoms with Crippen molar-refractivity contribution in [3.8, 4) is 0 Å². The molecule has 0 N–H and O–H groups in total. The molecule has 2 heterocycles. The molecule has 2 aromatic carbocycles. The van der Waals surface area contributed by atoms with Gasteiger partial charge in [-0.1, -0.05) is 23.2 Å². The molecule has 0 aromatic heterocycles. The van der Waals surface area contributed by atoms with Gasteiger partial charge in [0.2, 0.25) is 0 Å². The molecule has 2 aliphatic heterocycles. The maximum Gasteiger partial charge on any atom is 0.417 e. The highest BCUT2D eigenvalue weighted by Gasteiger charge is 2.39. The number of amides is 1. The van der Waals surface area contributed by atoms with E-state index in [1.165, 1.54) is 12.1 Å². The molecule has 10 heteroatoms. The summed E-state index contributed by atoms with van der Waals surface area (Å²) in [5.74, 6) is -0.146. The third-order valence-corrected chi connectivity index (χ3v) is 6.45. The van der Waals surface area contributed by atoms with Gasteiger partial charge >= 0.3 is 6.18 Å². The summed E-state index contributed by atoms with van der Waals surface area (Å²) in [4.78, 5) is 30.7. The first-order chi connectivity index (χ1) is 15.1. The van der Waals surface area contributed by atoms with Gasteiger partial charge < -0.3 is 9.80 Å². The Morgan fingerprint density at radius 1 is 0.969 bits per heavy atom. The van der Waals surface area contributed by atoms with Gasteiger partial charge in [-0.3, -0.25) is 14.5 Å². The van der Waals surface area contributed by atoms with Crippen LogP contribution < -0.4 is 4.90 Å². The topological polar surface area (TPSA) is 43.9 Å². The molecular formula is C22H20Cl2F3N3O2. The van der Waals surface area contributed by atoms with Gasteiger partial charge in [-0.25, -0.2) is 0 Å². The molecule has 170 valence electrons. The number of benzene rings is 2. The van der Waals surface area contributed by atoms with Crippen LogP contribution in [0.1, 0.15) is 15.9 Å². The van der Waals surface area contributed by atoms with Crippen molar-refractivity contribution in [2.24, 2.45) is 0 Å². The third-order valence-electron chi connectivity index (χ3n) is 5.87. The monoisotopic (exact) mass is 485 g/mol. The quantitative estimate of drug-likeness (QED) is 0.652. The number of carbonyl (C=O) groups excluding carboxylic acids is 2. The van der Waals surface area contributed by atoms with E-state index in [0.29, 0.717) is 49.0 Å². The summed E-state index contributed by atoms with van der Waals surface area (Å²) in [6.45, 7) is 2.28. The lowest BCUT2D eigenvalue weighted by Gasteiger charge is -2.37. The second kappa shape index (κ2) is 8.92. The predicted octanol–water partition coefficient (Wildman–Crippen LogP) is 4.23. The average Bonchev–Trinajstić information content (AvgIpc) is 3.15. The Hall–Kier alpha value is -2.29. The molecule has 0 aliphatic carbocycles. The van der Waals surface area contributed by atoms with Crippen LogP contribution in [0.25, 0.3) is 0 Å². The zero-order chi connectivity index (χ0) is 23.0. The Kier molecular flexibility index (Phi) is 6.38. The minimum Gasteiger partial charge on any atom is -0.362 e. The van der Waals surface area contributed by atoms with E-state index in [1.54, 1.807) is 34.1 Å². The highest BCUT2D eigenvalue weighted by Crippen LogP contribution is 2.37. The van der Waals surface area contributed by atoms with Gasteiger partial charge in [0.1, 0.15) is 0 Å². The number of ketones is 1. The van der Waals surface area contributed by atoms with Crippen molar-refractivity contribution >= 4 is 40.6 Å². The number of alkyl halides is 3. The van der Waals surface area contributed by atoms with E-state index in [-0.39, 0.29) is 23.3 Å². The van der Waals surface area contributed by atoms with Crippen molar-refractivity contribution in [2.75, 3.05) is 44.2 Å². The number of hydrogen-bond donors (Lipinski definition) is 0. The van der Waals surface area contributed by atoms with E-state index in [4.69, 9.17) is 23.2 Å². The van der Waals surface area contributed by atoms with Crippen LogP contribution in [0.4, 0.5) is 18.9 Å². The first-order valence-electron chi connectivity index (χ1n) is 10.1. The molecule has 0 saturated carbocycles. The molecule has 1 amide bonds. The molecule has 4 rings (SSSR count). The summed E-state index contributed by atoms with van der Waals surface area (Å²) in [7, 11) is 0. The fourth-order valence-electron chi connectivity index (χ4n) is 4.12. The lowest BCUT2D eigenvalue weighted by atomic mass is 10.1. The molecule has 1 atom stereocenters. The Morgan fingerprint density at radius 2 is 1.62 bits per heavy atom. The summed E-state index contributed by atoms with van der Waals surface area (Å²) in [5, 5.41) is 0.184. The zero-order valence-electron chi connectivity index (χ0n) is 16.9. The van der Waals surface area contributed by atoms with Gasteiger partial charge in [0, 0.05) is 49.0 Å². The fraction of sp³-hybridized carbons (Fsp3) is 0.364. The van der Waals surface area contributed by atoms with Crippen molar-refractivity contribution in [3.05, 3.63) is 63.6 Å². The average molecular weight is 486 g/mol. The van der Waals surface area contributed by atoms with Crippen molar-refractivity contribution in [2.45, 2.75) is 12.2 Å². The number of rotatable bonds is 3. The Labute approximate surface area is 193 Å². The highest BCUT2D eigenvalue weighted by atomic mass is 35.5. The van der Waals surface area contributed by atoms with Gasteiger partial charge in [-0.05, 0) is 42.5 Å². The van der Waals surface area contributed by atoms with E-state index >= 15 is 0 Å². The van der Waals surface area contributed by atoms with Crippen LogP contribution in [0.5, 0.6) is 0 Å². The second-order valence-electron chi connectivity index (χ2n) is 7.86. The summed E-state index contributed by atoms with van der Waals surface area (Å²) >= 11 is 11.6. The first kappa shape index (κ1) is 22.9. The standard InChI is InChI=1S/C22H20Cl2F3N3O2/c23-15-3-1-14(2-4-15)21(32)29-9-7-28(8-10-29)19-12-30(13-20(19)31)16-5-6-18(24)17(11-16)22(25,26)27/h1-6,11,19H,7-10,12-13H2/t19-/m1/s1. The van der Waals surface area contributed by atoms with E-state index in [0.717, 1.165) is 6.07 Å². The maximum atomic E-state index is 13.2. The summed E-state index contributed by atoms with van der Waals surface area (Å²) in [6.07, 6.45) is -4.57.